The van der Waals surface area contributed by atoms with Crippen LogP contribution >= 0.6 is 0 Å². The highest BCUT2D eigenvalue weighted by molar-refractivity contribution is 7.92. The molecule has 2 aromatic heterocycles. The number of sulfonamides is 1. The van der Waals surface area contributed by atoms with E-state index in [2.05, 4.69) is 20.0 Å². The van der Waals surface area contributed by atoms with E-state index in [9.17, 15) is 27.1 Å². The minimum absolute atomic E-state index is 0.0392. The fourth-order valence-corrected chi connectivity index (χ4v) is 4.50. The molecule has 1 aliphatic rings. The lowest BCUT2D eigenvalue weighted by Crippen LogP contribution is -2.40. The zero-order valence-electron chi connectivity index (χ0n) is 18.4. The maximum Gasteiger partial charge on any atom is 0.256 e. The monoisotopic (exact) mass is 507 g/mol. The van der Waals surface area contributed by atoms with Crippen LogP contribution in [0.1, 0.15) is 23.2 Å². The summed E-state index contributed by atoms with van der Waals surface area (Å²) in [7, 11) is -3.70. The lowest BCUT2D eigenvalue weighted by Gasteiger charge is -2.33. The van der Waals surface area contributed by atoms with Crippen molar-refractivity contribution in [2.75, 3.05) is 40.4 Å². The number of alkyl halides is 2. The van der Waals surface area contributed by atoms with Crippen LogP contribution in [0.2, 0.25) is 0 Å². The predicted molar refractivity (Wildman–Crippen MR) is 126 cm³/mol. The number of anilines is 3. The molecule has 1 aromatic carbocycles. The Balaban J connectivity index is 1.57. The summed E-state index contributed by atoms with van der Waals surface area (Å²) >= 11 is 0. The van der Waals surface area contributed by atoms with Crippen LogP contribution in [0, 0.1) is 0 Å². The first kappa shape index (κ1) is 24.5. The van der Waals surface area contributed by atoms with Gasteiger partial charge in [-0.05, 0) is 36.4 Å². The van der Waals surface area contributed by atoms with Gasteiger partial charge < -0.3 is 20.4 Å². The van der Waals surface area contributed by atoms with Gasteiger partial charge in [-0.15, -0.1) is 0 Å². The van der Waals surface area contributed by atoms with Gasteiger partial charge in [0.1, 0.15) is 11.3 Å². The van der Waals surface area contributed by atoms with Crippen LogP contribution in [0.15, 0.2) is 42.5 Å². The van der Waals surface area contributed by atoms with Gasteiger partial charge in [0, 0.05) is 48.6 Å². The maximum atomic E-state index is 13.7. The summed E-state index contributed by atoms with van der Waals surface area (Å²) in [5, 5.41) is 21.8. The summed E-state index contributed by atoms with van der Waals surface area (Å²) in [6.45, 7) is -0.444. The molecule has 0 spiro atoms. The molecule has 4 N–H and O–H groups in total. The fraction of sp³-hybridized carbons (Fsp3) is 0.318. The van der Waals surface area contributed by atoms with Crippen molar-refractivity contribution in [1.29, 1.82) is 0 Å². The molecule has 3 heterocycles. The predicted octanol–water partition coefficient (Wildman–Crippen LogP) is 2.56. The van der Waals surface area contributed by atoms with Gasteiger partial charge in [0.05, 0.1) is 12.4 Å². The van der Waals surface area contributed by atoms with Crippen molar-refractivity contribution >= 4 is 44.2 Å². The number of carbonyl (C=O) groups is 1. The van der Waals surface area contributed by atoms with Crippen molar-refractivity contribution in [3.8, 4) is 5.88 Å². The highest BCUT2D eigenvalue weighted by Crippen LogP contribution is 2.34. The van der Waals surface area contributed by atoms with Crippen LogP contribution < -0.4 is 14.9 Å². The van der Waals surface area contributed by atoms with E-state index in [4.69, 9.17) is 5.11 Å². The average molecular weight is 508 g/mol. The Hall–Kier alpha value is -3.58. The molecule has 1 saturated heterocycles. The van der Waals surface area contributed by atoms with E-state index in [-0.39, 0.29) is 54.7 Å². The second-order valence-corrected chi connectivity index (χ2v) is 9.93. The molecular weight excluding hydrogens is 484 g/mol. The van der Waals surface area contributed by atoms with Crippen molar-refractivity contribution in [2.24, 2.45) is 0 Å². The zero-order valence-corrected chi connectivity index (χ0v) is 19.2. The average Bonchev–Trinajstić information content (AvgIpc) is 2.79. The number of hydrogen-bond acceptors (Lipinski definition) is 8. The molecule has 4 rings (SSSR count). The van der Waals surface area contributed by atoms with E-state index in [1.165, 1.54) is 30.3 Å². The van der Waals surface area contributed by atoms with Crippen LogP contribution in [0.4, 0.5) is 26.1 Å². The third-order valence-corrected chi connectivity index (χ3v) is 6.73. The number of aromatic nitrogens is 2. The van der Waals surface area contributed by atoms with E-state index in [1.54, 1.807) is 17.0 Å². The van der Waals surface area contributed by atoms with E-state index in [0.29, 0.717) is 10.9 Å². The van der Waals surface area contributed by atoms with Gasteiger partial charge in [-0.1, -0.05) is 0 Å². The zero-order chi connectivity index (χ0) is 25.2. The van der Waals surface area contributed by atoms with Gasteiger partial charge in [0.2, 0.25) is 15.9 Å². The number of aliphatic hydroxyl groups is 1. The van der Waals surface area contributed by atoms with E-state index in [0.717, 1.165) is 0 Å². The number of benzene rings is 1. The number of carbonyl (C=O) groups excluding carboxylic acids is 1. The second-order valence-electron chi connectivity index (χ2n) is 8.09. The van der Waals surface area contributed by atoms with Crippen molar-refractivity contribution in [1.82, 2.24) is 9.97 Å². The molecule has 186 valence electrons. The molecule has 3 aromatic rings. The van der Waals surface area contributed by atoms with Gasteiger partial charge in [-0.3, -0.25) is 9.52 Å². The first-order chi connectivity index (χ1) is 16.5. The van der Waals surface area contributed by atoms with Gasteiger partial charge in [-0.2, -0.15) is 0 Å². The second kappa shape index (κ2) is 9.58. The highest BCUT2D eigenvalue weighted by Gasteiger charge is 2.35. The molecule has 0 radical (unpaired) electrons. The van der Waals surface area contributed by atoms with Crippen LogP contribution in [-0.4, -0.2) is 65.9 Å². The molecule has 13 heteroatoms. The van der Waals surface area contributed by atoms with Gasteiger partial charge in [-0.25, -0.2) is 27.2 Å². The molecule has 1 fully saturated rings. The molecule has 0 aliphatic carbocycles. The van der Waals surface area contributed by atoms with Crippen molar-refractivity contribution in [2.45, 2.75) is 18.8 Å². The lowest BCUT2D eigenvalue weighted by molar-refractivity contribution is -0.0221. The Morgan fingerprint density at radius 2 is 1.77 bits per heavy atom. The number of piperidine rings is 1. The normalized spacial score (nSPS) is 15.7. The maximum absolute atomic E-state index is 13.7. The number of pyridine rings is 2. The van der Waals surface area contributed by atoms with Gasteiger partial charge in [0.15, 0.2) is 5.82 Å². The Kier molecular flexibility index (Phi) is 6.72. The Morgan fingerprint density at radius 1 is 1.09 bits per heavy atom. The van der Waals surface area contributed by atoms with Crippen LogP contribution in [0.3, 0.4) is 0 Å². The molecular formula is C22H23F2N5O5S. The number of nitrogens with zero attached hydrogens (tertiary/aromatic N) is 3. The first-order valence-corrected chi connectivity index (χ1v) is 12.4. The topological polar surface area (TPSA) is 145 Å². The molecule has 0 saturated carbocycles. The Morgan fingerprint density at radius 3 is 2.43 bits per heavy atom. The summed E-state index contributed by atoms with van der Waals surface area (Å²) in [4.78, 5) is 23.0. The number of aliphatic hydroxyl groups excluding tert-OH is 1. The van der Waals surface area contributed by atoms with Gasteiger partial charge in [0.25, 0.3) is 11.8 Å². The van der Waals surface area contributed by atoms with Gasteiger partial charge >= 0.3 is 0 Å². The largest absolute Gasteiger partial charge is 0.493 e. The molecule has 1 amide bonds. The minimum atomic E-state index is -3.70. The van der Waals surface area contributed by atoms with Crippen molar-refractivity contribution in [3.63, 3.8) is 0 Å². The van der Waals surface area contributed by atoms with E-state index in [1.807, 2.05) is 0 Å². The summed E-state index contributed by atoms with van der Waals surface area (Å²) in [5.41, 5.74) is 0.779. The quantitative estimate of drug-likeness (QED) is 0.382. The van der Waals surface area contributed by atoms with Crippen molar-refractivity contribution in [3.05, 3.63) is 48.0 Å². The molecule has 0 bridgehead atoms. The number of halogens is 2. The highest BCUT2D eigenvalue weighted by atomic mass is 32.2. The number of hydrogen-bond donors (Lipinski definition) is 4. The third-order valence-electron chi connectivity index (χ3n) is 5.46. The van der Waals surface area contributed by atoms with Crippen LogP contribution in [0.25, 0.3) is 10.9 Å². The summed E-state index contributed by atoms with van der Waals surface area (Å²) in [5.74, 6) is -3.54. The number of aromatic hydroxyl groups is 1. The SMILES string of the molecule is O=C(Nc1cc2ccc(O)nc2c(N2CCC(F)(F)CC2)n1)c1ccc(NS(=O)(=O)CCO)cc1. The number of fused-ring (bicyclic) bond motifs is 1. The summed E-state index contributed by atoms with van der Waals surface area (Å²) in [6, 6.07) is 10.2. The summed E-state index contributed by atoms with van der Waals surface area (Å²) in [6.07, 6.45) is -0.694. The lowest BCUT2D eigenvalue weighted by atomic mass is 10.1. The fourth-order valence-electron chi connectivity index (χ4n) is 3.66. The standard InChI is InChI=1S/C22H23F2N5O5S/c23-22(24)7-9-29(10-8-22)20-19-15(3-6-18(31)27-19)13-17(25-20)26-21(32)14-1-4-16(5-2-14)28-35(33,34)12-11-30/h1-6,13,28,30H,7-12H2,(H,27,31)(H,25,26,32). The van der Waals surface area contributed by atoms with Crippen LogP contribution in [0.5, 0.6) is 5.88 Å². The number of amides is 1. The smallest absolute Gasteiger partial charge is 0.256 e. The molecule has 0 unspecified atom stereocenters. The number of nitrogens with one attached hydrogen (secondary N) is 2. The van der Waals surface area contributed by atoms with E-state index >= 15 is 0 Å². The molecule has 0 atom stereocenters. The minimum Gasteiger partial charge on any atom is -0.493 e. The Bertz CT molecular complexity index is 1340. The molecule has 1 aliphatic heterocycles. The van der Waals surface area contributed by atoms with Crippen molar-refractivity contribution < 1.29 is 32.2 Å². The number of rotatable bonds is 7. The first-order valence-electron chi connectivity index (χ1n) is 10.7. The van der Waals surface area contributed by atoms with E-state index < -0.39 is 34.2 Å². The van der Waals surface area contributed by atoms with Crippen LogP contribution in [-0.2, 0) is 10.0 Å². The Labute approximate surface area is 199 Å². The third kappa shape index (κ3) is 5.92. The summed E-state index contributed by atoms with van der Waals surface area (Å²) < 4.78 is 53.1. The molecule has 35 heavy (non-hydrogen) atoms. The molecule has 10 nitrogen and oxygen atoms in total.